The smallest absolute Gasteiger partial charge is 0.141 e. The minimum Gasteiger partial charge on any atom is -0.391 e. The Kier molecular flexibility index (Phi) is 4.51. The summed E-state index contributed by atoms with van der Waals surface area (Å²) in [6, 6.07) is 4.51. The topological polar surface area (TPSA) is 23.5 Å². The molecule has 1 unspecified atom stereocenters. The van der Waals surface area contributed by atoms with Crippen molar-refractivity contribution in [3.63, 3.8) is 0 Å². The van der Waals surface area contributed by atoms with Gasteiger partial charge in [-0.15, -0.1) is 0 Å². The van der Waals surface area contributed by atoms with Gasteiger partial charge in [0, 0.05) is 6.54 Å². The maximum Gasteiger partial charge on any atom is 0.141 e. The summed E-state index contributed by atoms with van der Waals surface area (Å²) in [6.45, 7) is 0.578. The lowest BCUT2D eigenvalue weighted by molar-refractivity contribution is 0.137. The predicted octanol–water partition coefficient (Wildman–Crippen LogP) is 1.94. The Hall–Kier alpha value is -0.640. The van der Waals surface area contributed by atoms with Crippen molar-refractivity contribution in [2.45, 2.75) is 12.5 Å². The average molecular weight is 232 g/mol. The van der Waals surface area contributed by atoms with Gasteiger partial charge in [-0.2, -0.15) is 0 Å². The molecular weight excluding hydrogens is 217 g/mol. The zero-order valence-corrected chi connectivity index (χ0v) is 9.63. The number of aliphatic hydroxyl groups is 1. The van der Waals surface area contributed by atoms with Crippen LogP contribution in [0.3, 0.4) is 0 Å². The molecule has 1 aromatic carbocycles. The van der Waals surface area contributed by atoms with Gasteiger partial charge in [0.15, 0.2) is 0 Å². The fourth-order valence-corrected chi connectivity index (χ4v) is 1.63. The van der Waals surface area contributed by atoms with Crippen molar-refractivity contribution in [1.82, 2.24) is 4.90 Å². The summed E-state index contributed by atoms with van der Waals surface area (Å²) in [5, 5.41) is 9.76. The number of halogens is 2. The highest BCUT2D eigenvalue weighted by molar-refractivity contribution is 6.30. The molecule has 0 amide bonds. The van der Waals surface area contributed by atoms with Crippen LogP contribution in [-0.2, 0) is 6.42 Å². The molecule has 1 rings (SSSR count). The van der Waals surface area contributed by atoms with E-state index in [-0.39, 0.29) is 5.02 Å². The zero-order chi connectivity index (χ0) is 11.4. The molecule has 0 bridgehead atoms. The lowest BCUT2D eigenvalue weighted by atomic mass is 10.1. The zero-order valence-electron chi connectivity index (χ0n) is 8.87. The quantitative estimate of drug-likeness (QED) is 0.856. The van der Waals surface area contributed by atoms with Gasteiger partial charge in [-0.05, 0) is 38.2 Å². The van der Waals surface area contributed by atoms with E-state index in [1.165, 1.54) is 6.07 Å². The van der Waals surface area contributed by atoms with E-state index in [0.29, 0.717) is 13.0 Å². The molecule has 2 nitrogen and oxygen atoms in total. The van der Waals surface area contributed by atoms with Crippen LogP contribution in [0.4, 0.5) is 4.39 Å². The van der Waals surface area contributed by atoms with Crippen LogP contribution in [0.15, 0.2) is 18.2 Å². The third-order valence-electron chi connectivity index (χ3n) is 2.03. The lowest BCUT2D eigenvalue weighted by Crippen LogP contribution is -2.27. The molecule has 0 aliphatic rings. The molecule has 4 heteroatoms. The van der Waals surface area contributed by atoms with Gasteiger partial charge in [0.25, 0.3) is 0 Å². The molecule has 0 aliphatic carbocycles. The van der Waals surface area contributed by atoms with Crippen LogP contribution in [0.5, 0.6) is 0 Å². The Balaban J connectivity index is 2.60. The first-order chi connectivity index (χ1) is 6.99. The van der Waals surface area contributed by atoms with Crippen molar-refractivity contribution in [2.24, 2.45) is 0 Å². The van der Waals surface area contributed by atoms with Gasteiger partial charge < -0.3 is 10.0 Å². The first-order valence-corrected chi connectivity index (χ1v) is 5.13. The van der Waals surface area contributed by atoms with Crippen LogP contribution >= 0.6 is 11.6 Å². The summed E-state index contributed by atoms with van der Waals surface area (Å²) in [6.07, 6.45) is 0.0274. The molecule has 0 saturated carbocycles. The van der Waals surface area contributed by atoms with Crippen molar-refractivity contribution in [3.8, 4) is 0 Å². The molecule has 0 aliphatic heterocycles. The van der Waals surface area contributed by atoms with E-state index in [2.05, 4.69) is 0 Å². The molecular formula is C11H15ClFNO. The summed E-state index contributed by atoms with van der Waals surface area (Å²) >= 11 is 5.64. The Morgan fingerprint density at radius 2 is 2.13 bits per heavy atom. The second kappa shape index (κ2) is 5.45. The third kappa shape index (κ3) is 4.16. The van der Waals surface area contributed by atoms with E-state index in [1.807, 2.05) is 19.0 Å². The summed E-state index contributed by atoms with van der Waals surface area (Å²) in [5.41, 5.74) is 0.843. The molecule has 0 fully saturated rings. The molecule has 0 spiro atoms. The van der Waals surface area contributed by atoms with Crippen molar-refractivity contribution in [1.29, 1.82) is 0 Å². The second-order valence-corrected chi connectivity index (χ2v) is 4.28. The minimum absolute atomic E-state index is 0.101. The number of likely N-dealkylation sites (N-methyl/N-ethyl adjacent to an activating group) is 1. The number of hydrogen-bond acceptors (Lipinski definition) is 2. The Bertz CT molecular complexity index is 330. The number of hydrogen-bond donors (Lipinski definition) is 1. The second-order valence-electron chi connectivity index (χ2n) is 3.87. The van der Waals surface area contributed by atoms with E-state index in [0.717, 1.165) is 5.56 Å². The van der Waals surface area contributed by atoms with Gasteiger partial charge in [-0.3, -0.25) is 0 Å². The number of benzene rings is 1. The van der Waals surface area contributed by atoms with Crippen molar-refractivity contribution >= 4 is 11.6 Å². The first kappa shape index (κ1) is 12.4. The van der Waals surface area contributed by atoms with Gasteiger partial charge >= 0.3 is 0 Å². The molecule has 15 heavy (non-hydrogen) atoms. The Morgan fingerprint density at radius 3 is 2.67 bits per heavy atom. The highest BCUT2D eigenvalue weighted by Gasteiger charge is 2.08. The molecule has 1 atom stereocenters. The van der Waals surface area contributed by atoms with E-state index in [4.69, 9.17) is 11.6 Å². The molecule has 0 saturated heterocycles. The van der Waals surface area contributed by atoms with Gasteiger partial charge in [-0.1, -0.05) is 17.7 Å². The maximum absolute atomic E-state index is 12.8. The summed E-state index contributed by atoms with van der Waals surface area (Å²) in [5.74, 6) is -0.428. The fraction of sp³-hybridized carbons (Fsp3) is 0.455. The SMILES string of the molecule is CN(C)CC(O)Cc1ccc(F)c(Cl)c1. The highest BCUT2D eigenvalue weighted by Crippen LogP contribution is 2.17. The normalized spacial score (nSPS) is 13.2. The van der Waals surface area contributed by atoms with Crippen molar-refractivity contribution in [3.05, 3.63) is 34.6 Å². The fourth-order valence-electron chi connectivity index (χ4n) is 1.42. The lowest BCUT2D eigenvalue weighted by Gasteiger charge is -2.15. The van der Waals surface area contributed by atoms with E-state index in [9.17, 15) is 9.50 Å². The van der Waals surface area contributed by atoms with Gasteiger partial charge in [-0.25, -0.2) is 4.39 Å². The summed E-state index contributed by atoms with van der Waals surface area (Å²) < 4.78 is 12.8. The Labute approximate surface area is 94.3 Å². The van der Waals surface area contributed by atoms with Crippen LogP contribution in [0.1, 0.15) is 5.56 Å². The van der Waals surface area contributed by atoms with E-state index >= 15 is 0 Å². The van der Waals surface area contributed by atoms with Crippen molar-refractivity contribution in [2.75, 3.05) is 20.6 Å². The van der Waals surface area contributed by atoms with Gasteiger partial charge in [0.05, 0.1) is 11.1 Å². The average Bonchev–Trinajstić information content (AvgIpc) is 2.10. The number of aliphatic hydroxyl groups excluding tert-OH is 1. The number of rotatable bonds is 4. The van der Waals surface area contributed by atoms with Gasteiger partial charge in [0.1, 0.15) is 5.82 Å². The molecule has 0 radical (unpaired) electrons. The molecule has 84 valence electrons. The molecule has 0 aromatic heterocycles. The summed E-state index contributed by atoms with van der Waals surface area (Å²) in [4.78, 5) is 1.90. The monoisotopic (exact) mass is 231 g/mol. The first-order valence-electron chi connectivity index (χ1n) is 4.75. The van der Waals surface area contributed by atoms with Gasteiger partial charge in [0.2, 0.25) is 0 Å². The largest absolute Gasteiger partial charge is 0.391 e. The maximum atomic E-state index is 12.8. The van der Waals surface area contributed by atoms with Crippen LogP contribution in [0.25, 0.3) is 0 Å². The molecule has 1 N–H and O–H groups in total. The highest BCUT2D eigenvalue weighted by atomic mass is 35.5. The van der Waals surface area contributed by atoms with E-state index < -0.39 is 11.9 Å². The number of nitrogens with zero attached hydrogens (tertiary/aromatic N) is 1. The van der Waals surface area contributed by atoms with E-state index in [1.54, 1.807) is 12.1 Å². The van der Waals surface area contributed by atoms with Crippen LogP contribution in [-0.4, -0.2) is 36.8 Å². The standard InChI is InChI=1S/C11H15ClFNO/c1-14(2)7-9(15)5-8-3-4-11(13)10(12)6-8/h3-4,6,9,15H,5,7H2,1-2H3. The minimum atomic E-state index is -0.457. The van der Waals surface area contributed by atoms with Crippen LogP contribution in [0.2, 0.25) is 5.02 Å². The predicted molar refractivity (Wildman–Crippen MR) is 59.7 cm³/mol. The molecule has 0 heterocycles. The van der Waals surface area contributed by atoms with Crippen molar-refractivity contribution < 1.29 is 9.50 Å². The third-order valence-corrected chi connectivity index (χ3v) is 2.32. The Morgan fingerprint density at radius 1 is 1.47 bits per heavy atom. The summed E-state index contributed by atoms with van der Waals surface area (Å²) in [7, 11) is 3.78. The van der Waals surface area contributed by atoms with Crippen LogP contribution < -0.4 is 0 Å². The van der Waals surface area contributed by atoms with Crippen LogP contribution in [0, 0.1) is 5.82 Å². The molecule has 1 aromatic rings.